The number of rotatable bonds is 4. The first-order valence-corrected chi connectivity index (χ1v) is 10.3. The molecule has 2 amide bonds. The molecular weight excluding hydrogens is 438 g/mol. The number of amides is 2. The summed E-state index contributed by atoms with van der Waals surface area (Å²) >= 11 is 6.41. The number of hydrogen-bond donors (Lipinski definition) is 1. The molecule has 1 N–H and O–H groups in total. The second kappa shape index (κ2) is 9.04. The highest BCUT2D eigenvalue weighted by molar-refractivity contribution is 6.31. The Morgan fingerprint density at radius 3 is 2.47 bits per heavy atom. The molecular formula is C24H21ClF2N2O3. The number of urea groups is 1. The molecule has 0 bridgehead atoms. The number of carbonyl (C=O) groups is 1. The summed E-state index contributed by atoms with van der Waals surface area (Å²) in [6.45, 7) is 0.291. The molecule has 1 atom stereocenters. The van der Waals surface area contributed by atoms with Crippen molar-refractivity contribution in [3.8, 4) is 11.5 Å². The first-order chi connectivity index (χ1) is 15.4. The van der Waals surface area contributed by atoms with Gasteiger partial charge in [-0.2, -0.15) is 0 Å². The number of benzene rings is 3. The van der Waals surface area contributed by atoms with Crippen LogP contribution in [0.3, 0.4) is 0 Å². The van der Waals surface area contributed by atoms with Gasteiger partial charge in [0, 0.05) is 22.8 Å². The summed E-state index contributed by atoms with van der Waals surface area (Å²) in [4.78, 5) is 14.7. The van der Waals surface area contributed by atoms with Gasteiger partial charge in [0.1, 0.15) is 11.6 Å². The zero-order valence-corrected chi connectivity index (χ0v) is 18.2. The Morgan fingerprint density at radius 1 is 1.06 bits per heavy atom. The maximum absolute atomic E-state index is 15.0. The van der Waals surface area contributed by atoms with E-state index in [0.717, 1.165) is 5.56 Å². The lowest BCUT2D eigenvalue weighted by Gasteiger charge is -2.38. The molecule has 3 aromatic rings. The van der Waals surface area contributed by atoms with Gasteiger partial charge in [0.05, 0.1) is 20.3 Å². The summed E-state index contributed by atoms with van der Waals surface area (Å²) < 4.78 is 39.5. The van der Waals surface area contributed by atoms with Crippen molar-refractivity contribution in [2.75, 3.05) is 26.1 Å². The lowest BCUT2D eigenvalue weighted by molar-refractivity contribution is 0.192. The summed E-state index contributed by atoms with van der Waals surface area (Å²) in [5, 5.41) is 2.89. The number of ether oxygens (including phenoxy) is 2. The van der Waals surface area contributed by atoms with Crippen molar-refractivity contribution in [2.24, 2.45) is 0 Å². The van der Waals surface area contributed by atoms with Crippen LogP contribution >= 0.6 is 11.6 Å². The minimum absolute atomic E-state index is 0.178. The van der Waals surface area contributed by atoms with E-state index in [9.17, 15) is 9.18 Å². The van der Waals surface area contributed by atoms with Crippen molar-refractivity contribution in [3.63, 3.8) is 0 Å². The van der Waals surface area contributed by atoms with E-state index in [1.165, 1.54) is 49.5 Å². The van der Waals surface area contributed by atoms with Crippen LogP contribution in [0, 0.1) is 11.6 Å². The fraction of sp³-hybridized carbons (Fsp3) is 0.208. The minimum Gasteiger partial charge on any atom is -0.493 e. The number of halogens is 3. The van der Waals surface area contributed by atoms with E-state index < -0.39 is 23.7 Å². The van der Waals surface area contributed by atoms with Gasteiger partial charge in [-0.25, -0.2) is 13.6 Å². The van der Waals surface area contributed by atoms with Gasteiger partial charge in [-0.05, 0) is 60.0 Å². The van der Waals surface area contributed by atoms with E-state index in [0.29, 0.717) is 35.7 Å². The Balaban J connectivity index is 1.83. The Kier molecular flexibility index (Phi) is 6.19. The van der Waals surface area contributed by atoms with Crippen LogP contribution < -0.4 is 14.8 Å². The number of hydrogen-bond acceptors (Lipinski definition) is 3. The van der Waals surface area contributed by atoms with Crippen molar-refractivity contribution < 1.29 is 23.0 Å². The first kappa shape index (κ1) is 21.9. The third-order valence-corrected chi connectivity index (χ3v) is 5.81. The molecule has 0 fully saturated rings. The van der Waals surface area contributed by atoms with E-state index in [4.69, 9.17) is 21.1 Å². The smallest absolute Gasteiger partial charge is 0.322 e. The van der Waals surface area contributed by atoms with Gasteiger partial charge >= 0.3 is 6.03 Å². The van der Waals surface area contributed by atoms with Crippen molar-refractivity contribution >= 4 is 23.3 Å². The zero-order chi connectivity index (χ0) is 22.8. The van der Waals surface area contributed by atoms with Crippen LogP contribution in [0.25, 0.3) is 0 Å². The summed E-state index contributed by atoms with van der Waals surface area (Å²) in [6, 6.07) is 12.2. The summed E-state index contributed by atoms with van der Waals surface area (Å²) in [5.74, 6) is -0.00981. The van der Waals surface area contributed by atoms with E-state index in [-0.39, 0.29) is 10.6 Å². The van der Waals surface area contributed by atoms with Crippen LogP contribution in [0.15, 0.2) is 54.6 Å². The van der Waals surface area contributed by atoms with Crippen molar-refractivity contribution in [1.82, 2.24) is 4.90 Å². The molecule has 5 nitrogen and oxygen atoms in total. The van der Waals surface area contributed by atoms with Gasteiger partial charge < -0.3 is 19.7 Å². The van der Waals surface area contributed by atoms with E-state index >= 15 is 4.39 Å². The second-order valence-corrected chi connectivity index (χ2v) is 7.73. The van der Waals surface area contributed by atoms with E-state index in [2.05, 4.69) is 5.32 Å². The Labute approximate surface area is 189 Å². The van der Waals surface area contributed by atoms with Gasteiger partial charge in [-0.1, -0.05) is 23.7 Å². The molecule has 0 spiro atoms. The number of nitrogens with zero attached hydrogens (tertiary/aromatic N) is 1. The zero-order valence-electron chi connectivity index (χ0n) is 17.5. The van der Waals surface area contributed by atoms with Crippen molar-refractivity contribution in [2.45, 2.75) is 12.5 Å². The number of methoxy groups -OCH3 is 2. The minimum atomic E-state index is -0.819. The predicted molar refractivity (Wildman–Crippen MR) is 119 cm³/mol. The van der Waals surface area contributed by atoms with Gasteiger partial charge in [0.25, 0.3) is 0 Å². The number of fused-ring (bicyclic) bond motifs is 1. The van der Waals surface area contributed by atoms with Gasteiger partial charge in [0.2, 0.25) is 0 Å². The topological polar surface area (TPSA) is 50.8 Å². The molecule has 1 aliphatic heterocycles. The normalized spacial score (nSPS) is 15.2. The third kappa shape index (κ3) is 4.08. The van der Waals surface area contributed by atoms with Gasteiger partial charge in [0.15, 0.2) is 11.5 Å². The highest BCUT2D eigenvalue weighted by Gasteiger charge is 2.36. The van der Waals surface area contributed by atoms with Gasteiger partial charge in [-0.3, -0.25) is 0 Å². The largest absolute Gasteiger partial charge is 0.493 e. The van der Waals surface area contributed by atoms with Crippen LogP contribution in [0.2, 0.25) is 5.02 Å². The van der Waals surface area contributed by atoms with Gasteiger partial charge in [-0.15, -0.1) is 0 Å². The molecule has 0 aliphatic carbocycles. The Bertz CT molecular complexity index is 1150. The average molecular weight is 459 g/mol. The van der Waals surface area contributed by atoms with E-state index in [1.807, 2.05) is 6.07 Å². The highest BCUT2D eigenvalue weighted by Crippen LogP contribution is 2.43. The molecule has 8 heteroatoms. The standard InChI is InChI=1S/C24H21ClF2N2O3/c1-31-20-11-14-9-10-29(24(30)28-16-6-3-5-15(26)12-16)23(17(14)13-21(20)32-2)22-18(25)7-4-8-19(22)27/h3-8,11-13,23H,9-10H2,1-2H3,(H,28,30). The molecule has 4 rings (SSSR count). The van der Waals surface area contributed by atoms with Crippen molar-refractivity contribution in [3.05, 3.63) is 87.9 Å². The molecule has 0 aromatic heterocycles. The average Bonchev–Trinajstić information content (AvgIpc) is 2.77. The molecule has 1 unspecified atom stereocenters. The number of nitrogens with one attached hydrogen (secondary N) is 1. The Hall–Kier alpha value is -3.32. The SMILES string of the molecule is COc1cc2c(cc1OC)C(c1c(F)cccc1Cl)N(C(=O)Nc1cccc(F)c1)CC2. The number of carbonyl (C=O) groups excluding carboxylic acids is 1. The molecule has 0 radical (unpaired) electrons. The summed E-state index contributed by atoms with van der Waals surface area (Å²) in [6.07, 6.45) is 0.509. The lowest BCUT2D eigenvalue weighted by atomic mass is 9.87. The molecule has 1 heterocycles. The summed E-state index contributed by atoms with van der Waals surface area (Å²) in [5.41, 5.74) is 2.04. The molecule has 166 valence electrons. The quantitative estimate of drug-likeness (QED) is 0.536. The fourth-order valence-corrected chi connectivity index (χ4v) is 4.28. The maximum Gasteiger partial charge on any atom is 0.322 e. The maximum atomic E-state index is 15.0. The van der Waals surface area contributed by atoms with Crippen LogP contribution in [0.1, 0.15) is 22.7 Å². The van der Waals surface area contributed by atoms with Crippen LogP contribution in [-0.2, 0) is 6.42 Å². The Morgan fingerprint density at radius 2 is 1.78 bits per heavy atom. The molecule has 0 saturated heterocycles. The second-order valence-electron chi connectivity index (χ2n) is 7.33. The highest BCUT2D eigenvalue weighted by atomic mass is 35.5. The molecule has 32 heavy (non-hydrogen) atoms. The molecule has 0 saturated carbocycles. The molecule has 1 aliphatic rings. The van der Waals surface area contributed by atoms with Crippen molar-refractivity contribution in [1.29, 1.82) is 0 Å². The predicted octanol–water partition coefficient (Wildman–Crippen LogP) is 5.82. The fourth-order valence-electron chi connectivity index (χ4n) is 4.01. The van der Waals surface area contributed by atoms with Crippen LogP contribution in [0.5, 0.6) is 11.5 Å². The van der Waals surface area contributed by atoms with Crippen LogP contribution in [0.4, 0.5) is 19.3 Å². The summed E-state index contributed by atoms with van der Waals surface area (Å²) in [7, 11) is 3.05. The number of anilines is 1. The third-order valence-electron chi connectivity index (χ3n) is 5.48. The monoisotopic (exact) mass is 458 g/mol. The first-order valence-electron chi connectivity index (χ1n) is 9.94. The molecule has 3 aromatic carbocycles. The van der Waals surface area contributed by atoms with E-state index in [1.54, 1.807) is 18.2 Å². The lowest BCUT2D eigenvalue weighted by Crippen LogP contribution is -2.43. The van der Waals surface area contributed by atoms with Crippen LogP contribution in [-0.4, -0.2) is 31.7 Å².